The zero-order valence-corrected chi connectivity index (χ0v) is 13.6. The third-order valence-electron chi connectivity index (χ3n) is 4.09. The third-order valence-corrected chi connectivity index (χ3v) is 4.58. The van der Waals surface area contributed by atoms with Crippen LogP contribution in [0.4, 0.5) is 0 Å². The second-order valence-electron chi connectivity index (χ2n) is 5.47. The summed E-state index contributed by atoms with van der Waals surface area (Å²) in [6, 6.07) is 20.5. The molecule has 3 aromatic carbocycles. The van der Waals surface area contributed by atoms with Crippen molar-refractivity contribution in [3.63, 3.8) is 0 Å². The highest BCUT2D eigenvalue weighted by atomic mass is 79.9. The Bertz CT molecular complexity index is 959. The van der Waals surface area contributed by atoms with Crippen LogP contribution in [0.25, 0.3) is 11.1 Å². The van der Waals surface area contributed by atoms with Gasteiger partial charge in [0.25, 0.3) is 0 Å². The summed E-state index contributed by atoms with van der Waals surface area (Å²) in [6.45, 7) is 0. The molecule has 2 nitrogen and oxygen atoms in total. The van der Waals surface area contributed by atoms with Crippen molar-refractivity contribution in [3.8, 4) is 11.1 Å². The van der Waals surface area contributed by atoms with Crippen LogP contribution in [0, 0.1) is 0 Å². The van der Waals surface area contributed by atoms with E-state index in [0.717, 1.165) is 15.6 Å². The Morgan fingerprint density at radius 1 is 0.565 bits per heavy atom. The molecule has 0 saturated heterocycles. The quantitative estimate of drug-likeness (QED) is 0.483. The van der Waals surface area contributed by atoms with Gasteiger partial charge in [0.05, 0.1) is 0 Å². The predicted octanol–water partition coefficient (Wildman–Crippen LogP) is 4.89. The van der Waals surface area contributed by atoms with E-state index in [4.69, 9.17) is 0 Å². The summed E-state index contributed by atoms with van der Waals surface area (Å²) in [5, 5.41) is 0. The second-order valence-corrected chi connectivity index (χ2v) is 6.39. The average Bonchev–Trinajstić information content (AvgIpc) is 2.60. The molecule has 0 atom stereocenters. The summed E-state index contributed by atoms with van der Waals surface area (Å²) >= 11 is 3.36. The monoisotopic (exact) mass is 362 g/mol. The van der Waals surface area contributed by atoms with Gasteiger partial charge in [-0.2, -0.15) is 0 Å². The summed E-state index contributed by atoms with van der Waals surface area (Å²) < 4.78 is 0.793. The van der Waals surface area contributed by atoms with Crippen LogP contribution in [0.3, 0.4) is 0 Å². The molecule has 3 aromatic rings. The number of fused-ring (bicyclic) bond motifs is 2. The van der Waals surface area contributed by atoms with Crippen molar-refractivity contribution in [2.75, 3.05) is 0 Å². The lowest BCUT2D eigenvalue weighted by Gasteiger charge is -2.18. The summed E-state index contributed by atoms with van der Waals surface area (Å²) in [5.74, 6) is -0.199. The van der Waals surface area contributed by atoms with Crippen molar-refractivity contribution in [1.82, 2.24) is 0 Å². The third kappa shape index (κ3) is 2.25. The first-order valence-electron chi connectivity index (χ1n) is 7.23. The van der Waals surface area contributed by atoms with Crippen molar-refractivity contribution in [3.05, 3.63) is 93.5 Å². The fourth-order valence-electron chi connectivity index (χ4n) is 2.93. The molecule has 0 fully saturated rings. The van der Waals surface area contributed by atoms with E-state index in [1.54, 1.807) is 24.3 Å². The van der Waals surface area contributed by atoms with Gasteiger partial charge in [0, 0.05) is 26.7 Å². The normalized spacial score (nSPS) is 12.7. The fourth-order valence-corrected chi connectivity index (χ4v) is 3.29. The molecule has 110 valence electrons. The number of carbonyl (C=O) groups excluding carboxylic acids is 2. The van der Waals surface area contributed by atoms with Gasteiger partial charge in [0.1, 0.15) is 0 Å². The molecule has 0 amide bonds. The van der Waals surface area contributed by atoms with Crippen LogP contribution in [0.15, 0.2) is 71.2 Å². The highest BCUT2D eigenvalue weighted by Gasteiger charge is 2.29. The number of hydrogen-bond donors (Lipinski definition) is 0. The molecule has 4 rings (SSSR count). The van der Waals surface area contributed by atoms with Crippen molar-refractivity contribution >= 4 is 27.5 Å². The minimum absolute atomic E-state index is 0.0973. The molecule has 1 aliphatic carbocycles. The molecule has 0 aromatic heterocycles. The summed E-state index contributed by atoms with van der Waals surface area (Å²) in [6.07, 6.45) is 0. The van der Waals surface area contributed by atoms with Crippen molar-refractivity contribution in [2.24, 2.45) is 0 Å². The Kier molecular flexibility index (Phi) is 3.24. The summed E-state index contributed by atoms with van der Waals surface area (Å²) in [4.78, 5) is 25.5. The molecule has 1 aliphatic rings. The molecular formula is C20H11BrO2. The van der Waals surface area contributed by atoms with E-state index in [2.05, 4.69) is 15.9 Å². The number of halogens is 1. The predicted molar refractivity (Wildman–Crippen MR) is 92.9 cm³/mol. The van der Waals surface area contributed by atoms with E-state index in [9.17, 15) is 9.59 Å². The minimum Gasteiger partial charge on any atom is -0.289 e. The maximum Gasteiger partial charge on any atom is 0.194 e. The van der Waals surface area contributed by atoms with Crippen LogP contribution in [0.2, 0.25) is 0 Å². The smallest absolute Gasteiger partial charge is 0.194 e. The Balaban J connectivity index is 1.90. The highest BCUT2D eigenvalue weighted by Crippen LogP contribution is 2.32. The molecular weight excluding hydrogens is 352 g/mol. The molecule has 0 unspecified atom stereocenters. The van der Waals surface area contributed by atoms with Crippen LogP contribution in [0.5, 0.6) is 0 Å². The Morgan fingerprint density at radius 3 is 1.87 bits per heavy atom. The number of rotatable bonds is 1. The van der Waals surface area contributed by atoms with Gasteiger partial charge in [-0.05, 0) is 41.5 Å². The number of carbonyl (C=O) groups is 2. The summed E-state index contributed by atoms with van der Waals surface area (Å²) in [7, 11) is 0. The van der Waals surface area contributed by atoms with Gasteiger partial charge in [-0.25, -0.2) is 0 Å². The van der Waals surface area contributed by atoms with Crippen molar-refractivity contribution < 1.29 is 9.59 Å². The van der Waals surface area contributed by atoms with Crippen LogP contribution in [-0.4, -0.2) is 11.6 Å². The molecule has 0 saturated carbocycles. The van der Waals surface area contributed by atoms with Crippen LogP contribution < -0.4 is 0 Å². The van der Waals surface area contributed by atoms with Crippen LogP contribution in [0.1, 0.15) is 31.8 Å². The highest BCUT2D eigenvalue weighted by molar-refractivity contribution is 9.10. The molecule has 0 heterocycles. The second kappa shape index (κ2) is 5.28. The SMILES string of the molecule is O=C1c2ccc(-c3ccccc3)cc2C(=O)c2ccc(Br)cc21. The van der Waals surface area contributed by atoms with E-state index >= 15 is 0 Å². The van der Waals surface area contributed by atoms with Gasteiger partial charge in [-0.3, -0.25) is 9.59 Å². The molecule has 0 aliphatic heterocycles. The van der Waals surface area contributed by atoms with Gasteiger partial charge in [-0.1, -0.05) is 52.3 Å². The lowest BCUT2D eigenvalue weighted by molar-refractivity contribution is 0.0979. The Hall–Kier alpha value is -2.52. The topological polar surface area (TPSA) is 34.1 Å². The Morgan fingerprint density at radius 2 is 1.17 bits per heavy atom. The average molecular weight is 363 g/mol. The number of benzene rings is 3. The zero-order valence-electron chi connectivity index (χ0n) is 12.0. The van der Waals surface area contributed by atoms with Gasteiger partial charge in [-0.15, -0.1) is 0 Å². The minimum atomic E-state index is -0.101. The molecule has 0 bridgehead atoms. The number of hydrogen-bond acceptors (Lipinski definition) is 2. The van der Waals surface area contributed by atoms with E-state index in [1.165, 1.54) is 0 Å². The van der Waals surface area contributed by atoms with Gasteiger partial charge in [0.15, 0.2) is 11.6 Å². The van der Waals surface area contributed by atoms with Gasteiger partial charge in [0.2, 0.25) is 0 Å². The van der Waals surface area contributed by atoms with Gasteiger partial charge >= 0.3 is 0 Å². The maximum atomic E-state index is 12.8. The first-order chi connectivity index (χ1) is 11.1. The largest absolute Gasteiger partial charge is 0.289 e. The standard InChI is InChI=1S/C20H11BrO2/c21-14-7-9-16-18(11-14)20(23)15-8-6-13(10-17(15)19(16)22)12-4-2-1-3-5-12/h1-11H. The fraction of sp³-hybridized carbons (Fsp3) is 0. The van der Waals surface area contributed by atoms with Crippen LogP contribution >= 0.6 is 15.9 Å². The van der Waals surface area contributed by atoms with E-state index < -0.39 is 0 Å². The van der Waals surface area contributed by atoms with Crippen LogP contribution in [-0.2, 0) is 0 Å². The Labute approximate surface area is 141 Å². The molecule has 23 heavy (non-hydrogen) atoms. The lowest BCUT2D eigenvalue weighted by atomic mass is 9.83. The van der Waals surface area contributed by atoms with Crippen molar-refractivity contribution in [2.45, 2.75) is 0 Å². The van der Waals surface area contributed by atoms with E-state index in [0.29, 0.717) is 22.3 Å². The molecule has 3 heteroatoms. The number of ketones is 2. The lowest BCUT2D eigenvalue weighted by Crippen LogP contribution is -2.20. The molecule has 0 spiro atoms. The molecule has 0 radical (unpaired) electrons. The first kappa shape index (κ1) is 14.1. The van der Waals surface area contributed by atoms with Crippen molar-refractivity contribution in [1.29, 1.82) is 0 Å². The van der Waals surface area contributed by atoms with E-state index in [1.807, 2.05) is 42.5 Å². The zero-order chi connectivity index (χ0) is 16.0. The molecule has 0 N–H and O–H groups in total. The summed E-state index contributed by atoms with van der Waals surface area (Å²) in [5.41, 5.74) is 3.84. The van der Waals surface area contributed by atoms with Gasteiger partial charge < -0.3 is 0 Å². The first-order valence-corrected chi connectivity index (χ1v) is 8.03. The maximum absolute atomic E-state index is 12.8. The van der Waals surface area contributed by atoms with E-state index in [-0.39, 0.29) is 11.6 Å².